The molecule has 2 amide bonds. The number of nitrogens with zero attached hydrogens (tertiary/aromatic N) is 2. The largest absolute Gasteiger partial charge is 0.389 e. The summed E-state index contributed by atoms with van der Waals surface area (Å²) in [7, 11) is 0. The maximum Gasteiger partial charge on any atom is 0.389 e. The van der Waals surface area contributed by atoms with Gasteiger partial charge in [-0.25, -0.2) is 0 Å². The monoisotopic (exact) mass is 394 g/mol. The first-order valence-electron chi connectivity index (χ1n) is 9.42. The molecule has 2 saturated heterocycles. The maximum absolute atomic E-state index is 13.4. The highest BCUT2D eigenvalue weighted by molar-refractivity contribution is 5.91. The molecular weight excluding hydrogens is 369 g/mol. The van der Waals surface area contributed by atoms with Crippen LogP contribution in [0.5, 0.6) is 0 Å². The lowest BCUT2D eigenvalue weighted by atomic mass is 9.69. The molecule has 3 rings (SSSR count). The van der Waals surface area contributed by atoms with Gasteiger partial charge in [0.05, 0.1) is 11.8 Å². The van der Waals surface area contributed by atoms with Crippen LogP contribution in [0.4, 0.5) is 13.2 Å². The number of piperidine rings is 1. The number of carbonyl (C=O) groups is 2. The van der Waals surface area contributed by atoms with Gasteiger partial charge in [0.25, 0.3) is 0 Å². The average molecular weight is 394 g/mol. The van der Waals surface area contributed by atoms with E-state index < -0.39 is 23.4 Å². The highest BCUT2D eigenvalue weighted by atomic mass is 19.4. The van der Waals surface area contributed by atoms with Crippen LogP contribution in [-0.4, -0.2) is 54.0 Å². The number of halogens is 3. The van der Waals surface area contributed by atoms with E-state index in [0.717, 1.165) is 5.56 Å². The third-order valence-corrected chi connectivity index (χ3v) is 5.90. The lowest BCUT2D eigenvalue weighted by Gasteiger charge is -2.52. The summed E-state index contributed by atoms with van der Waals surface area (Å²) in [6, 6.07) is 9.35. The fourth-order valence-corrected chi connectivity index (χ4v) is 4.54. The van der Waals surface area contributed by atoms with E-state index in [1.165, 1.54) is 6.08 Å². The Morgan fingerprint density at radius 2 is 1.68 bits per heavy atom. The van der Waals surface area contributed by atoms with Gasteiger partial charge in [-0.1, -0.05) is 43.8 Å². The molecule has 0 N–H and O–H groups in total. The Hall–Kier alpha value is -2.31. The molecule has 2 aliphatic rings. The first kappa shape index (κ1) is 20.4. The molecule has 0 atom stereocenters. The van der Waals surface area contributed by atoms with Crippen LogP contribution in [-0.2, 0) is 15.0 Å². The topological polar surface area (TPSA) is 40.6 Å². The first-order chi connectivity index (χ1) is 13.1. The SMILES string of the molecule is C=CC(=O)N1CCC(C(=O)N2CC(C)(CC(F)(F)F)C2)(c2ccccc2)CC1. The second kappa shape index (κ2) is 7.26. The quantitative estimate of drug-likeness (QED) is 0.733. The van der Waals surface area contributed by atoms with Crippen LogP contribution in [0.2, 0.25) is 0 Å². The zero-order valence-corrected chi connectivity index (χ0v) is 16.0. The van der Waals surface area contributed by atoms with Gasteiger partial charge in [0.15, 0.2) is 0 Å². The molecule has 0 radical (unpaired) electrons. The molecule has 28 heavy (non-hydrogen) atoms. The number of likely N-dealkylation sites (tertiary alicyclic amines) is 2. The van der Waals surface area contributed by atoms with E-state index in [0.29, 0.717) is 25.9 Å². The summed E-state index contributed by atoms with van der Waals surface area (Å²) < 4.78 is 38.4. The van der Waals surface area contributed by atoms with Crippen LogP contribution < -0.4 is 0 Å². The summed E-state index contributed by atoms with van der Waals surface area (Å²) in [5.74, 6) is -0.306. The lowest BCUT2D eigenvalue weighted by Crippen LogP contribution is -2.63. The van der Waals surface area contributed by atoms with Gasteiger partial charge >= 0.3 is 6.18 Å². The van der Waals surface area contributed by atoms with Crippen molar-refractivity contribution in [3.05, 3.63) is 48.6 Å². The third kappa shape index (κ3) is 3.93. The molecule has 1 aromatic rings. The van der Waals surface area contributed by atoms with Crippen molar-refractivity contribution in [1.29, 1.82) is 0 Å². The Balaban J connectivity index is 1.79. The summed E-state index contributed by atoms with van der Waals surface area (Å²) in [5.41, 5.74) is -0.875. The van der Waals surface area contributed by atoms with Gasteiger partial charge in [-0.15, -0.1) is 0 Å². The molecular formula is C21H25F3N2O2. The molecule has 0 aromatic heterocycles. The van der Waals surface area contributed by atoms with E-state index in [-0.39, 0.29) is 24.9 Å². The highest BCUT2D eigenvalue weighted by Crippen LogP contribution is 2.44. The number of alkyl halides is 3. The van der Waals surface area contributed by atoms with Gasteiger partial charge in [0.2, 0.25) is 11.8 Å². The molecule has 4 nitrogen and oxygen atoms in total. The fraction of sp³-hybridized carbons (Fsp3) is 0.524. The molecule has 0 spiro atoms. The van der Waals surface area contributed by atoms with Crippen molar-refractivity contribution in [1.82, 2.24) is 9.80 Å². The van der Waals surface area contributed by atoms with Gasteiger partial charge in [0, 0.05) is 31.6 Å². The zero-order valence-electron chi connectivity index (χ0n) is 16.0. The molecule has 2 heterocycles. The molecule has 0 bridgehead atoms. The van der Waals surface area contributed by atoms with Crippen molar-refractivity contribution >= 4 is 11.8 Å². The van der Waals surface area contributed by atoms with Crippen molar-refractivity contribution in [2.24, 2.45) is 5.41 Å². The Bertz CT molecular complexity index is 747. The van der Waals surface area contributed by atoms with Crippen molar-refractivity contribution in [2.45, 2.75) is 37.8 Å². The molecule has 2 aliphatic heterocycles. The van der Waals surface area contributed by atoms with Crippen molar-refractivity contribution in [3.8, 4) is 0 Å². The minimum atomic E-state index is -4.24. The molecule has 0 saturated carbocycles. The van der Waals surface area contributed by atoms with Crippen molar-refractivity contribution < 1.29 is 22.8 Å². The van der Waals surface area contributed by atoms with Crippen molar-refractivity contribution in [2.75, 3.05) is 26.2 Å². The lowest BCUT2D eigenvalue weighted by molar-refractivity contribution is -0.185. The molecule has 1 aromatic carbocycles. The molecule has 0 aliphatic carbocycles. The van der Waals surface area contributed by atoms with Gasteiger partial charge in [-0.05, 0) is 24.5 Å². The Kier molecular flexibility index (Phi) is 5.30. The first-order valence-corrected chi connectivity index (χ1v) is 9.42. The predicted molar refractivity (Wildman–Crippen MR) is 99.5 cm³/mol. The number of hydrogen-bond acceptors (Lipinski definition) is 2. The molecule has 0 unspecified atom stereocenters. The number of benzene rings is 1. The fourth-order valence-electron chi connectivity index (χ4n) is 4.54. The average Bonchev–Trinajstić information content (AvgIpc) is 2.64. The summed E-state index contributed by atoms with van der Waals surface area (Å²) in [4.78, 5) is 28.5. The predicted octanol–water partition coefficient (Wildman–Crippen LogP) is 3.53. The zero-order chi connectivity index (χ0) is 20.6. The van der Waals surface area contributed by atoms with E-state index in [9.17, 15) is 22.8 Å². The van der Waals surface area contributed by atoms with E-state index in [2.05, 4.69) is 6.58 Å². The maximum atomic E-state index is 13.4. The van der Waals surface area contributed by atoms with Crippen LogP contribution in [0.15, 0.2) is 43.0 Å². The molecule has 2 fully saturated rings. The van der Waals surface area contributed by atoms with Crippen LogP contribution in [0, 0.1) is 5.41 Å². The second-order valence-corrected chi connectivity index (χ2v) is 8.24. The Morgan fingerprint density at radius 3 is 2.18 bits per heavy atom. The molecule has 7 heteroatoms. The van der Waals surface area contributed by atoms with Crippen LogP contribution in [0.3, 0.4) is 0 Å². The summed E-state index contributed by atoms with van der Waals surface area (Å²) in [6.45, 7) is 6.12. The number of amides is 2. The minimum absolute atomic E-state index is 0.106. The highest BCUT2D eigenvalue weighted by Gasteiger charge is 2.53. The summed E-state index contributed by atoms with van der Waals surface area (Å²) in [5, 5.41) is 0. The van der Waals surface area contributed by atoms with Gasteiger partial charge in [-0.3, -0.25) is 9.59 Å². The second-order valence-electron chi connectivity index (χ2n) is 8.24. The van der Waals surface area contributed by atoms with Gasteiger partial charge in [0.1, 0.15) is 0 Å². The smallest absolute Gasteiger partial charge is 0.341 e. The van der Waals surface area contributed by atoms with E-state index in [1.54, 1.807) is 16.7 Å². The van der Waals surface area contributed by atoms with Crippen molar-refractivity contribution in [3.63, 3.8) is 0 Å². The Morgan fingerprint density at radius 1 is 1.11 bits per heavy atom. The minimum Gasteiger partial charge on any atom is -0.341 e. The molecule has 152 valence electrons. The summed E-state index contributed by atoms with van der Waals surface area (Å²) >= 11 is 0. The number of carbonyl (C=O) groups excluding carboxylic acids is 2. The number of hydrogen-bond donors (Lipinski definition) is 0. The van der Waals surface area contributed by atoms with E-state index >= 15 is 0 Å². The van der Waals surface area contributed by atoms with Crippen LogP contribution in [0.1, 0.15) is 31.7 Å². The standard InChI is InChI=1S/C21H25F3N2O2/c1-3-17(27)25-11-9-20(10-12-25,16-7-5-4-6-8-16)18(28)26-14-19(2,15-26)13-21(22,23)24/h3-8H,1,9-15H2,2H3. The van der Waals surface area contributed by atoms with Crippen LogP contribution in [0.25, 0.3) is 0 Å². The normalized spacial score (nSPS) is 21.0. The number of rotatable bonds is 4. The van der Waals surface area contributed by atoms with E-state index in [1.807, 2.05) is 30.3 Å². The van der Waals surface area contributed by atoms with Crippen LogP contribution >= 0.6 is 0 Å². The van der Waals surface area contributed by atoms with E-state index in [4.69, 9.17) is 0 Å². The van der Waals surface area contributed by atoms with Gasteiger partial charge < -0.3 is 9.80 Å². The Labute approximate surface area is 163 Å². The van der Waals surface area contributed by atoms with Gasteiger partial charge in [-0.2, -0.15) is 13.2 Å². The third-order valence-electron chi connectivity index (χ3n) is 5.90. The summed E-state index contributed by atoms with van der Waals surface area (Å²) in [6.07, 6.45) is -2.97.